The van der Waals surface area contributed by atoms with Crippen molar-refractivity contribution >= 4 is 17.5 Å². The molecular weight excluding hydrogens is 344 g/mol. The molecule has 3 N–H and O–H groups in total. The van der Waals surface area contributed by atoms with Crippen LogP contribution in [0.3, 0.4) is 0 Å². The molecule has 0 spiro atoms. The number of hydrogen-bond donors (Lipinski definition) is 2. The summed E-state index contributed by atoms with van der Waals surface area (Å²) in [5.41, 5.74) is 7.80. The molecule has 0 bridgehead atoms. The van der Waals surface area contributed by atoms with Crippen molar-refractivity contribution < 1.29 is 14.6 Å². The number of halogens is 1. The van der Waals surface area contributed by atoms with Gasteiger partial charge in [-0.25, -0.2) is 0 Å². The van der Waals surface area contributed by atoms with Gasteiger partial charge in [0.25, 0.3) is 5.91 Å². The van der Waals surface area contributed by atoms with E-state index in [1.165, 1.54) is 0 Å². The van der Waals surface area contributed by atoms with E-state index in [-0.39, 0.29) is 6.61 Å². The van der Waals surface area contributed by atoms with Crippen LogP contribution < -0.4 is 10.5 Å². The van der Waals surface area contributed by atoms with Crippen LogP contribution in [0.2, 0.25) is 5.02 Å². The molecular formula is C17H21ClN4O3. The van der Waals surface area contributed by atoms with Crippen LogP contribution in [0.25, 0.3) is 0 Å². The first kappa shape index (κ1) is 17.7. The Balaban J connectivity index is 1.74. The van der Waals surface area contributed by atoms with Crippen LogP contribution in [0.15, 0.2) is 24.3 Å². The number of aliphatic hydroxyl groups is 1. The van der Waals surface area contributed by atoms with Crippen LogP contribution in [0.1, 0.15) is 30.0 Å². The van der Waals surface area contributed by atoms with E-state index in [9.17, 15) is 9.90 Å². The van der Waals surface area contributed by atoms with Crippen molar-refractivity contribution in [3.05, 3.63) is 46.2 Å². The summed E-state index contributed by atoms with van der Waals surface area (Å²) in [5.74, 6) is 0.0837. The first-order valence-electron chi connectivity index (χ1n) is 8.09. The van der Waals surface area contributed by atoms with E-state index in [1.54, 1.807) is 19.1 Å². The van der Waals surface area contributed by atoms with E-state index in [4.69, 9.17) is 22.1 Å². The van der Waals surface area contributed by atoms with Crippen molar-refractivity contribution in [1.82, 2.24) is 14.7 Å². The first-order chi connectivity index (χ1) is 11.9. The summed E-state index contributed by atoms with van der Waals surface area (Å²) in [6.07, 6.45) is -0.576. The molecule has 0 radical (unpaired) electrons. The van der Waals surface area contributed by atoms with Gasteiger partial charge in [-0.1, -0.05) is 11.6 Å². The fourth-order valence-corrected chi connectivity index (χ4v) is 3.08. The number of amides is 1. The van der Waals surface area contributed by atoms with Crippen molar-refractivity contribution in [2.24, 2.45) is 5.73 Å². The average Bonchev–Trinajstić information content (AvgIpc) is 2.97. The molecule has 2 aromatic rings. The van der Waals surface area contributed by atoms with Crippen molar-refractivity contribution in [2.75, 3.05) is 13.2 Å². The Labute approximate surface area is 150 Å². The molecule has 25 heavy (non-hydrogen) atoms. The molecule has 1 aliphatic heterocycles. The minimum absolute atomic E-state index is 0.168. The van der Waals surface area contributed by atoms with E-state index in [0.717, 1.165) is 24.3 Å². The topological polar surface area (TPSA) is 93.6 Å². The zero-order valence-corrected chi connectivity index (χ0v) is 14.7. The molecule has 0 aliphatic carbocycles. The number of carbonyl (C=O) groups excluding carboxylic acids is 1. The summed E-state index contributed by atoms with van der Waals surface area (Å²) >= 11 is 6.11. The van der Waals surface area contributed by atoms with E-state index < -0.39 is 12.0 Å². The van der Waals surface area contributed by atoms with Gasteiger partial charge in [0.2, 0.25) is 0 Å². The highest BCUT2D eigenvalue weighted by atomic mass is 35.5. The van der Waals surface area contributed by atoms with Crippen molar-refractivity contribution in [2.45, 2.75) is 32.7 Å². The molecule has 0 saturated heterocycles. The Morgan fingerprint density at radius 3 is 2.96 bits per heavy atom. The van der Waals surface area contributed by atoms with Crippen LogP contribution >= 0.6 is 11.6 Å². The minimum Gasteiger partial charge on any atom is -0.483 e. The second kappa shape index (κ2) is 7.43. The molecule has 1 aromatic heterocycles. The van der Waals surface area contributed by atoms with Gasteiger partial charge in [0.15, 0.2) is 6.61 Å². The standard InChI is InChI=1S/C17H21ClN4O3/c1-11(23)15-7-14-9-21(4-5-22(14)20-15)8-12-6-13(18)2-3-16(12)25-10-17(19)24/h2-3,6-7,11,23H,4-5,8-10H2,1H3,(H2,19,24)/t11-/m1/s1. The number of fused-ring (bicyclic) bond motifs is 1. The number of rotatable bonds is 6. The van der Waals surface area contributed by atoms with Gasteiger partial charge < -0.3 is 15.6 Å². The van der Waals surface area contributed by atoms with Gasteiger partial charge in [0, 0.05) is 30.2 Å². The Kier molecular flexibility index (Phi) is 5.27. The molecule has 0 saturated carbocycles. The first-order valence-corrected chi connectivity index (χ1v) is 8.46. The van der Waals surface area contributed by atoms with Gasteiger partial charge in [-0.3, -0.25) is 14.4 Å². The second-order valence-electron chi connectivity index (χ2n) is 6.18. The Morgan fingerprint density at radius 2 is 2.24 bits per heavy atom. The monoisotopic (exact) mass is 364 g/mol. The summed E-state index contributed by atoms with van der Waals surface area (Å²) in [5, 5.41) is 14.7. The molecule has 8 heteroatoms. The maximum atomic E-state index is 11.0. The lowest BCUT2D eigenvalue weighted by atomic mass is 10.1. The molecule has 0 unspecified atom stereocenters. The van der Waals surface area contributed by atoms with Gasteiger partial charge in [-0.15, -0.1) is 0 Å². The number of hydrogen-bond acceptors (Lipinski definition) is 5. The largest absolute Gasteiger partial charge is 0.483 e. The van der Waals surface area contributed by atoms with E-state index >= 15 is 0 Å². The number of carbonyl (C=O) groups is 1. The molecule has 1 aromatic carbocycles. The number of ether oxygens (including phenoxy) is 1. The Bertz CT molecular complexity index is 775. The predicted molar refractivity (Wildman–Crippen MR) is 93.1 cm³/mol. The predicted octanol–water partition coefficient (Wildman–Crippen LogP) is 1.47. The lowest BCUT2D eigenvalue weighted by Gasteiger charge is -2.28. The highest BCUT2D eigenvalue weighted by molar-refractivity contribution is 6.30. The highest BCUT2D eigenvalue weighted by Crippen LogP contribution is 2.26. The number of aliphatic hydroxyl groups excluding tert-OH is 1. The summed E-state index contributed by atoms with van der Waals surface area (Å²) in [6, 6.07) is 7.24. The molecule has 1 amide bonds. The number of benzene rings is 1. The minimum atomic E-state index is -0.576. The second-order valence-corrected chi connectivity index (χ2v) is 6.61. The van der Waals surface area contributed by atoms with E-state index in [0.29, 0.717) is 29.6 Å². The normalized spacial score (nSPS) is 15.6. The lowest BCUT2D eigenvalue weighted by molar-refractivity contribution is -0.119. The Hall–Kier alpha value is -2.09. The van der Waals surface area contributed by atoms with Crippen molar-refractivity contribution in [3.8, 4) is 5.75 Å². The molecule has 134 valence electrons. The molecule has 7 nitrogen and oxygen atoms in total. The van der Waals surface area contributed by atoms with Crippen LogP contribution in [0.5, 0.6) is 5.75 Å². The number of primary amides is 1. The van der Waals surface area contributed by atoms with Crippen molar-refractivity contribution in [1.29, 1.82) is 0 Å². The van der Waals surface area contributed by atoms with Gasteiger partial charge in [0.1, 0.15) is 5.75 Å². The SMILES string of the molecule is C[C@@H](O)c1cc2n(n1)CCN(Cc1cc(Cl)ccc1OCC(N)=O)C2. The third kappa shape index (κ3) is 4.31. The van der Waals surface area contributed by atoms with Crippen LogP contribution in [0, 0.1) is 0 Å². The summed E-state index contributed by atoms with van der Waals surface area (Å²) in [7, 11) is 0. The van der Waals surface area contributed by atoms with Gasteiger partial charge in [-0.2, -0.15) is 5.10 Å². The fourth-order valence-electron chi connectivity index (χ4n) is 2.88. The molecule has 0 fully saturated rings. The highest BCUT2D eigenvalue weighted by Gasteiger charge is 2.21. The van der Waals surface area contributed by atoms with Crippen molar-refractivity contribution in [3.63, 3.8) is 0 Å². The van der Waals surface area contributed by atoms with Gasteiger partial charge in [0.05, 0.1) is 24.0 Å². The molecule has 2 heterocycles. The molecule has 3 rings (SSSR count). The smallest absolute Gasteiger partial charge is 0.255 e. The van der Waals surface area contributed by atoms with E-state index in [1.807, 2.05) is 16.8 Å². The molecule has 1 atom stereocenters. The fraction of sp³-hybridized carbons (Fsp3) is 0.412. The maximum absolute atomic E-state index is 11.0. The summed E-state index contributed by atoms with van der Waals surface area (Å²) in [4.78, 5) is 13.2. The Morgan fingerprint density at radius 1 is 1.44 bits per heavy atom. The summed E-state index contributed by atoms with van der Waals surface area (Å²) < 4.78 is 7.42. The number of nitrogens with zero attached hydrogens (tertiary/aromatic N) is 3. The van der Waals surface area contributed by atoms with Crippen LogP contribution in [-0.4, -0.2) is 38.8 Å². The quantitative estimate of drug-likeness (QED) is 0.809. The zero-order chi connectivity index (χ0) is 18.0. The number of nitrogens with two attached hydrogens (primary N) is 1. The third-order valence-corrected chi connectivity index (χ3v) is 4.35. The molecule has 1 aliphatic rings. The zero-order valence-electron chi connectivity index (χ0n) is 14.0. The van der Waals surface area contributed by atoms with Gasteiger partial charge >= 0.3 is 0 Å². The number of aromatic nitrogens is 2. The van der Waals surface area contributed by atoms with Crippen LogP contribution in [-0.2, 0) is 24.4 Å². The van der Waals surface area contributed by atoms with E-state index in [2.05, 4.69) is 10.00 Å². The lowest BCUT2D eigenvalue weighted by Crippen LogP contribution is -2.33. The summed E-state index contributed by atoms with van der Waals surface area (Å²) in [6.45, 7) is 4.45. The van der Waals surface area contributed by atoms with Gasteiger partial charge in [-0.05, 0) is 31.2 Å². The van der Waals surface area contributed by atoms with Crippen LogP contribution in [0.4, 0.5) is 0 Å². The maximum Gasteiger partial charge on any atom is 0.255 e. The average molecular weight is 365 g/mol. The third-order valence-electron chi connectivity index (χ3n) is 4.11.